The highest BCUT2D eigenvalue weighted by molar-refractivity contribution is 7.90. The Kier molecular flexibility index (Phi) is 2.63. The van der Waals surface area contributed by atoms with Crippen molar-refractivity contribution in [2.24, 2.45) is 0 Å². The van der Waals surface area contributed by atoms with Crippen LogP contribution in [0.15, 0.2) is 6.20 Å². The number of carbonyl (C=O) groups is 1. The molecule has 0 bridgehead atoms. The smallest absolute Gasteiger partial charge is 0.309 e. The maximum atomic E-state index is 11.4. The maximum Gasteiger partial charge on any atom is 0.309 e. The Bertz CT molecular complexity index is 538. The van der Waals surface area contributed by atoms with Gasteiger partial charge in [-0.3, -0.25) is 14.8 Å². The highest BCUT2D eigenvalue weighted by Gasteiger charge is 2.23. The molecule has 1 aromatic heterocycles. The number of aliphatic carboxylic acids is 1. The fourth-order valence-electron chi connectivity index (χ4n) is 1.59. The number of sulfone groups is 1. The van der Waals surface area contributed by atoms with E-state index in [-0.39, 0.29) is 17.9 Å². The summed E-state index contributed by atoms with van der Waals surface area (Å²) < 4.78 is 22.7. The largest absolute Gasteiger partial charge is 0.481 e. The first kappa shape index (κ1) is 11.0. The number of rotatable bonds is 2. The van der Waals surface area contributed by atoms with E-state index in [0.29, 0.717) is 23.5 Å². The molecule has 86 valence electrons. The summed E-state index contributed by atoms with van der Waals surface area (Å²) in [6.07, 6.45) is 1.52. The number of nitrogens with zero attached hydrogens (tertiary/aromatic N) is 2. The predicted molar refractivity (Wildman–Crippen MR) is 54.6 cm³/mol. The van der Waals surface area contributed by atoms with E-state index in [1.54, 1.807) is 0 Å². The number of carboxylic acids is 1. The summed E-state index contributed by atoms with van der Waals surface area (Å²) in [5, 5.41) is 8.59. The van der Waals surface area contributed by atoms with Gasteiger partial charge in [-0.1, -0.05) is 0 Å². The van der Waals surface area contributed by atoms with E-state index < -0.39 is 15.8 Å². The molecule has 0 saturated heterocycles. The standard InChI is InChI=1S/C9H10N2O4S/c12-9(13)3-6-4-10-7-1-2-16(14,15)5-8(7)11-6/h4H,1-3,5H2,(H,12,13). The van der Waals surface area contributed by atoms with Crippen LogP contribution in [0.3, 0.4) is 0 Å². The Balaban J connectivity index is 2.34. The van der Waals surface area contributed by atoms with Crippen LogP contribution in [0.1, 0.15) is 17.1 Å². The van der Waals surface area contributed by atoms with Crippen molar-refractivity contribution in [3.63, 3.8) is 0 Å². The molecule has 7 heteroatoms. The Morgan fingerprint density at radius 2 is 2.19 bits per heavy atom. The molecule has 0 aromatic carbocycles. The van der Waals surface area contributed by atoms with Gasteiger partial charge in [-0.2, -0.15) is 0 Å². The van der Waals surface area contributed by atoms with Crippen LogP contribution in [0.5, 0.6) is 0 Å². The molecule has 0 atom stereocenters. The number of aryl methyl sites for hydroxylation is 1. The van der Waals surface area contributed by atoms with Gasteiger partial charge in [0.1, 0.15) is 0 Å². The molecular formula is C9H10N2O4S. The Labute approximate surface area is 92.3 Å². The van der Waals surface area contributed by atoms with Crippen molar-refractivity contribution in [1.82, 2.24) is 9.97 Å². The van der Waals surface area contributed by atoms with Crippen LogP contribution in [0.25, 0.3) is 0 Å². The fraction of sp³-hybridized carbons (Fsp3) is 0.444. The molecule has 0 fully saturated rings. The average Bonchev–Trinajstić information content (AvgIpc) is 2.14. The molecular weight excluding hydrogens is 232 g/mol. The second kappa shape index (κ2) is 3.82. The van der Waals surface area contributed by atoms with Gasteiger partial charge in [0.05, 0.1) is 35.0 Å². The van der Waals surface area contributed by atoms with E-state index in [4.69, 9.17) is 5.11 Å². The van der Waals surface area contributed by atoms with Gasteiger partial charge >= 0.3 is 5.97 Å². The number of hydrogen-bond donors (Lipinski definition) is 1. The van der Waals surface area contributed by atoms with Gasteiger partial charge < -0.3 is 5.11 Å². The number of aromatic nitrogens is 2. The molecule has 2 rings (SSSR count). The molecule has 0 spiro atoms. The molecule has 0 radical (unpaired) electrons. The minimum absolute atomic E-state index is 0.0902. The predicted octanol–water partition coefficient (Wildman–Crippen LogP) is -0.425. The van der Waals surface area contributed by atoms with Crippen molar-refractivity contribution >= 4 is 15.8 Å². The lowest BCUT2D eigenvalue weighted by Crippen LogP contribution is -2.22. The molecule has 1 aromatic rings. The summed E-state index contributed by atoms with van der Waals surface area (Å²) in [6, 6.07) is 0. The molecule has 0 aliphatic carbocycles. The van der Waals surface area contributed by atoms with E-state index in [2.05, 4.69) is 9.97 Å². The number of carboxylic acid groups (broad SMARTS) is 1. The van der Waals surface area contributed by atoms with Crippen LogP contribution >= 0.6 is 0 Å². The molecule has 1 aliphatic rings. The summed E-state index contributed by atoms with van der Waals surface area (Å²) in [6.45, 7) is 0. The third-order valence-electron chi connectivity index (χ3n) is 2.32. The lowest BCUT2D eigenvalue weighted by molar-refractivity contribution is -0.136. The molecule has 1 aliphatic heterocycles. The minimum Gasteiger partial charge on any atom is -0.481 e. The first-order valence-corrected chi connectivity index (χ1v) is 6.54. The zero-order chi connectivity index (χ0) is 11.8. The molecule has 16 heavy (non-hydrogen) atoms. The maximum absolute atomic E-state index is 11.4. The lowest BCUT2D eigenvalue weighted by atomic mass is 10.2. The Hall–Kier alpha value is -1.50. The van der Waals surface area contributed by atoms with Crippen molar-refractivity contribution in [3.8, 4) is 0 Å². The van der Waals surface area contributed by atoms with E-state index in [0.717, 1.165) is 0 Å². The zero-order valence-electron chi connectivity index (χ0n) is 8.38. The van der Waals surface area contributed by atoms with Crippen molar-refractivity contribution in [2.75, 3.05) is 5.75 Å². The van der Waals surface area contributed by atoms with Crippen LogP contribution in [-0.4, -0.2) is 35.2 Å². The second-order valence-corrected chi connectivity index (χ2v) is 5.85. The van der Waals surface area contributed by atoms with Crippen molar-refractivity contribution in [3.05, 3.63) is 23.3 Å². The van der Waals surface area contributed by atoms with Crippen LogP contribution in [0.2, 0.25) is 0 Å². The van der Waals surface area contributed by atoms with E-state index in [9.17, 15) is 13.2 Å². The van der Waals surface area contributed by atoms with Crippen LogP contribution in [-0.2, 0) is 33.2 Å². The fourth-order valence-corrected chi connectivity index (χ4v) is 2.89. The summed E-state index contributed by atoms with van der Waals surface area (Å²) in [5.41, 5.74) is 1.34. The third-order valence-corrected chi connectivity index (χ3v) is 3.86. The lowest BCUT2D eigenvalue weighted by Gasteiger charge is -2.14. The van der Waals surface area contributed by atoms with Gasteiger partial charge in [-0.15, -0.1) is 0 Å². The highest BCUT2D eigenvalue weighted by Crippen LogP contribution is 2.17. The highest BCUT2D eigenvalue weighted by atomic mass is 32.2. The Morgan fingerprint density at radius 1 is 1.44 bits per heavy atom. The minimum atomic E-state index is -3.09. The topological polar surface area (TPSA) is 97.2 Å². The van der Waals surface area contributed by atoms with Crippen molar-refractivity contribution in [1.29, 1.82) is 0 Å². The molecule has 1 N–H and O–H groups in total. The second-order valence-electron chi connectivity index (χ2n) is 3.67. The number of hydrogen-bond acceptors (Lipinski definition) is 5. The molecule has 6 nitrogen and oxygen atoms in total. The zero-order valence-corrected chi connectivity index (χ0v) is 9.20. The van der Waals surface area contributed by atoms with Gasteiger partial charge in [0.15, 0.2) is 9.84 Å². The molecule has 0 amide bonds. The van der Waals surface area contributed by atoms with Gasteiger partial charge in [0, 0.05) is 12.6 Å². The molecule has 0 unspecified atom stereocenters. The average molecular weight is 242 g/mol. The third kappa shape index (κ3) is 2.35. The van der Waals surface area contributed by atoms with Crippen LogP contribution in [0.4, 0.5) is 0 Å². The van der Waals surface area contributed by atoms with Gasteiger partial charge in [-0.25, -0.2) is 8.42 Å². The first-order chi connectivity index (χ1) is 7.46. The van der Waals surface area contributed by atoms with E-state index in [1.165, 1.54) is 6.20 Å². The van der Waals surface area contributed by atoms with Gasteiger partial charge in [0.2, 0.25) is 0 Å². The van der Waals surface area contributed by atoms with Gasteiger partial charge in [-0.05, 0) is 0 Å². The molecule has 2 heterocycles. The van der Waals surface area contributed by atoms with E-state index >= 15 is 0 Å². The normalized spacial score (nSPS) is 17.8. The summed E-state index contributed by atoms with van der Waals surface area (Å²) in [5.74, 6) is -1.05. The van der Waals surface area contributed by atoms with Gasteiger partial charge in [0.25, 0.3) is 0 Å². The van der Waals surface area contributed by atoms with Crippen LogP contribution in [0, 0.1) is 0 Å². The Morgan fingerprint density at radius 3 is 2.88 bits per heavy atom. The SMILES string of the molecule is O=C(O)Cc1cnc2c(n1)CS(=O)(=O)CC2. The van der Waals surface area contributed by atoms with Crippen molar-refractivity contribution in [2.45, 2.75) is 18.6 Å². The van der Waals surface area contributed by atoms with Crippen LogP contribution < -0.4 is 0 Å². The number of fused-ring (bicyclic) bond motifs is 1. The monoisotopic (exact) mass is 242 g/mol. The summed E-state index contributed by atoms with van der Waals surface area (Å²) >= 11 is 0. The quantitative estimate of drug-likeness (QED) is 0.756. The summed E-state index contributed by atoms with van der Waals surface area (Å²) in [4.78, 5) is 18.6. The molecule has 0 saturated carbocycles. The van der Waals surface area contributed by atoms with Crippen molar-refractivity contribution < 1.29 is 18.3 Å². The van der Waals surface area contributed by atoms with E-state index in [1.807, 2.05) is 0 Å². The summed E-state index contributed by atoms with van der Waals surface area (Å²) in [7, 11) is -3.09. The first-order valence-electron chi connectivity index (χ1n) is 4.72.